The zero-order chi connectivity index (χ0) is 28.9. The summed E-state index contributed by atoms with van der Waals surface area (Å²) in [6.07, 6.45) is -7.86. The van der Waals surface area contributed by atoms with Gasteiger partial charge in [-0.3, -0.25) is 14.4 Å². The summed E-state index contributed by atoms with van der Waals surface area (Å²) in [6, 6.07) is 13.1. The minimum atomic E-state index is -2.24. The topological polar surface area (TPSA) is 215 Å². The highest BCUT2D eigenvalue weighted by Gasteiger charge is 2.37. The number of carbonyl (C=O) groups excluding carboxylic acids is 3. The molecule has 0 aromatic heterocycles. The lowest BCUT2D eigenvalue weighted by atomic mass is 9.99. The van der Waals surface area contributed by atoms with E-state index in [9.17, 15) is 39.6 Å². The monoisotopic (exact) mass is 547 g/mol. The number of rotatable bonds is 14. The van der Waals surface area contributed by atoms with Crippen molar-refractivity contribution in [2.24, 2.45) is 0 Å². The van der Waals surface area contributed by atoms with Crippen molar-refractivity contribution in [3.05, 3.63) is 71.8 Å². The molecule has 13 nitrogen and oxygen atoms in total. The zero-order valence-corrected chi connectivity index (χ0v) is 21.1. The van der Waals surface area contributed by atoms with Gasteiger partial charge in [0.25, 0.3) is 5.91 Å². The van der Waals surface area contributed by atoms with Gasteiger partial charge in [-0.1, -0.05) is 60.7 Å². The standard InChI is InChI=1S/C26H33N3O10/c1-15(27-26(38)39-14-16-8-4-2-5-9-16)24(36)29-19(13-30)21(33)22(34)23(35)25(37)28-18(12-20(31)32)17-10-6-3-7-11-17/h2-11,15,18-19,21-23,30,33-35H,12-14H2,1H3,(H,27,38)(H,28,37)(H,29,36)(H,31,32)/t15-,18-,19-,21+,22+,23-/m0/s1. The third-order valence-electron chi connectivity index (χ3n) is 5.72. The summed E-state index contributed by atoms with van der Waals surface area (Å²) >= 11 is 0. The van der Waals surface area contributed by atoms with Crippen LogP contribution in [0, 0.1) is 0 Å². The molecule has 2 rings (SSSR count). The van der Waals surface area contributed by atoms with Crippen LogP contribution in [0.3, 0.4) is 0 Å². The molecule has 0 heterocycles. The van der Waals surface area contributed by atoms with E-state index in [-0.39, 0.29) is 6.61 Å². The SMILES string of the molecule is C[C@H](NC(=O)OCc1ccccc1)C(=O)N[C@@H](CO)[C@@H](O)[C@@H](O)[C@H](O)C(=O)N[C@@H](CC(=O)O)c1ccccc1. The first-order chi connectivity index (χ1) is 18.5. The van der Waals surface area contributed by atoms with Crippen LogP contribution in [0.15, 0.2) is 60.7 Å². The second kappa shape index (κ2) is 15.4. The van der Waals surface area contributed by atoms with Crippen LogP contribution >= 0.6 is 0 Å². The molecule has 0 unspecified atom stereocenters. The van der Waals surface area contributed by atoms with Crippen molar-refractivity contribution >= 4 is 23.9 Å². The maximum Gasteiger partial charge on any atom is 0.408 e. The summed E-state index contributed by atoms with van der Waals surface area (Å²) in [6.45, 7) is 0.378. The summed E-state index contributed by atoms with van der Waals surface area (Å²) in [7, 11) is 0. The number of carboxylic acids is 1. The summed E-state index contributed by atoms with van der Waals surface area (Å²) in [4.78, 5) is 48.2. The summed E-state index contributed by atoms with van der Waals surface area (Å²) in [5.41, 5.74) is 1.16. The van der Waals surface area contributed by atoms with Crippen molar-refractivity contribution < 1.29 is 49.4 Å². The van der Waals surface area contributed by atoms with Gasteiger partial charge in [-0.15, -0.1) is 0 Å². The molecule has 0 saturated heterocycles. The van der Waals surface area contributed by atoms with Crippen molar-refractivity contribution in [2.45, 2.75) is 56.4 Å². The fourth-order valence-corrected chi connectivity index (χ4v) is 3.50. The van der Waals surface area contributed by atoms with Gasteiger partial charge in [-0.2, -0.15) is 0 Å². The van der Waals surface area contributed by atoms with Crippen LogP contribution < -0.4 is 16.0 Å². The fraction of sp³-hybridized carbons (Fsp3) is 0.385. The number of carbonyl (C=O) groups is 4. The van der Waals surface area contributed by atoms with Gasteiger partial charge in [0, 0.05) is 0 Å². The largest absolute Gasteiger partial charge is 0.481 e. The highest BCUT2D eigenvalue weighted by atomic mass is 16.5. The molecule has 39 heavy (non-hydrogen) atoms. The van der Waals surface area contributed by atoms with Crippen LogP contribution in [-0.4, -0.2) is 86.4 Å². The molecule has 8 N–H and O–H groups in total. The Labute approximate surface area is 224 Å². The number of aliphatic carboxylic acids is 1. The fourth-order valence-electron chi connectivity index (χ4n) is 3.50. The number of nitrogens with one attached hydrogen (secondary N) is 3. The van der Waals surface area contributed by atoms with Gasteiger partial charge in [-0.25, -0.2) is 4.79 Å². The summed E-state index contributed by atoms with van der Waals surface area (Å²) < 4.78 is 5.03. The number of ether oxygens (including phenoxy) is 1. The Morgan fingerprint density at radius 3 is 1.97 bits per heavy atom. The minimum Gasteiger partial charge on any atom is -0.481 e. The minimum absolute atomic E-state index is 0.0390. The van der Waals surface area contributed by atoms with E-state index in [1.807, 2.05) is 0 Å². The lowest BCUT2D eigenvalue weighted by Gasteiger charge is -2.30. The highest BCUT2D eigenvalue weighted by molar-refractivity contribution is 5.85. The Balaban J connectivity index is 1.93. The van der Waals surface area contributed by atoms with E-state index < -0.39 is 73.3 Å². The van der Waals surface area contributed by atoms with E-state index in [1.54, 1.807) is 60.7 Å². The van der Waals surface area contributed by atoms with Crippen LogP contribution in [-0.2, 0) is 25.7 Å². The van der Waals surface area contributed by atoms with Crippen LogP contribution in [0.2, 0.25) is 0 Å². The molecule has 0 aliphatic carbocycles. The average Bonchev–Trinajstić information content (AvgIpc) is 2.93. The third kappa shape index (κ3) is 9.98. The number of benzene rings is 2. The molecule has 0 fully saturated rings. The van der Waals surface area contributed by atoms with Gasteiger partial charge in [0.05, 0.1) is 25.1 Å². The molecule has 6 atom stereocenters. The Hall–Kier alpha value is -4.04. The van der Waals surface area contributed by atoms with Gasteiger partial charge in [0.1, 0.15) is 24.9 Å². The molecule has 212 valence electrons. The number of amides is 3. The van der Waals surface area contributed by atoms with Crippen LogP contribution in [0.1, 0.15) is 30.5 Å². The van der Waals surface area contributed by atoms with Gasteiger partial charge in [0.15, 0.2) is 6.10 Å². The number of aliphatic hydroxyl groups is 4. The van der Waals surface area contributed by atoms with Crippen LogP contribution in [0.5, 0.6) is 0 Å². The molecule has 0 spiro atoms. The first-order valence-corrected chi connectivity index (χ1v) is 12.0. The lowest BCUT2D eigenvalue weighted by molar-refractivity contribution is -0.145. The second-order valence-electron chi connectivity index (χ2n) is 8.72. The summed E-state index contributed by atoms with van der Waals surface area (Å²) in [5, 5.41) is 56.7. The molecule has 0 saturated carbocycles. The predicted octanol–water partition coefficient (Wildman–Crippen LogP) is -0.807. The third-order valence-corrected chi connectivity index (χ3v) is 5.72. The first kappa shape index (κ1) is 31.2. The maximum atomic E-state index is 12.5. The first-order valence-electron chi connectivity index (χ1n) is 12.0. The molecule has 2 aromatic rings. The van der Waals surface area contributed by atoms with Gasteiger partial charge < -0.3 is 46.2 Å². The van der Waals surface area contributed by atoms with Crippen molar-refractivity contribution in [3.63, 3.8) is 0 Å². The molecule has 0 aliphatic rings. The molecule has 2 aromatic carbocycles. The molecule has 13 heteroatoms. The number of hydrogen-bond acceptors (Lipinski definition) is 9. The van der Waals surface area contributed by atoms with Crippen molar-refractivity contribution in [3.8, 4) is 0 Å². The number of alkyl carbamates (subject to hydrolysis) is 1. The van der Waals surface area contributed by atoms with E-state index in [4.69, 9.17) is 9.84 Å². The smallest absolute Gasteiger partial charge is 0.408 e. The zero-order valence-electron chi connectivity index (χ0n) is 21.1. The van der Waals surface area contributed by atoms with E-state index in [2.05, 4.69) is 16.0 Å². The quantitative estimate of drug-likeness (QED) is 0.147. The van der Waals surface area contributed by atoms with Crippen molar-refractivity contribution in [1.29, 1.82) is 0 Å². The highest BCUT2D eigenvalue weighted by Crippen LogP contribution is 2.17. The predicted molar refractivity (Wildman–Crippen MR) is 136 cm³/mol. The average molecular weight is 548 g/mol. The molecular weight excluding hydrogens is 514 g/mol. The van der Waals surface area contributed by atoms with E-state index in [1.165, 1.54) is 6.92 Å². The summed E-state index contributed by atoms with van der Waals surface area (Å²) in [5.74, 6) is -3.27. The molecule has 0 aliphatic heterocycles. The van der Waals surface area contributed by atoms with Crippen molar-refractivity contribution in [1.82, 2.24) is 16.0 Å². The van der Waals surface area contributed by atoms with E-state index in [0.29, 0.717) is 5.56 Å². The Kier molecular flexibility index (Phi) is 12.3. The van der Waals surface area contributed by atoms with E-state index in [0.717, 1.165) is 5.56 Å². The molecule has 0 bridgehead atoms. The normalized spacial score (nSPS) is 15.5. The number of hydrogen-bond donors (Lipinski definition) is 8. The lowest BCUT2D eigenvalue weighted by Crippen LogP contribution is -2.58. The van der Waals surface area contributed by atoms with Crippen LogP contribution in [0.25, 0.3) is 0 Å². The van der Waals surface area contributed by atoms with Gasteiger partial charge in [-0.05, 0) is 18.1 Å². The van der Waals surface area contributed by atoms with E-state index >= 15 is 0 Å². The Bertz CT molecular complexity index is 1090. The second-order valence-corrected chi connectivity index (χ2v) is 8.72. The number of aliphatic hydroxyl groups excluding tert-OH is 4. The molecule has 0 radical (unpaired) electrons. The Morgan fingerprint density at radius 1 is 0.821 bits per heavy atom. The maximum absolute atomic E-state index is 12.5. The van der Waals surface area contributed by atoms with Crippen LogP contribution in [0.4, 0.5) is 4.79 Å². The molecule has 3 amide bonds. The number of carboxylic acid groups (broad SMARTS) is 1. The Morgan fingerprint density at radius 2 is 1.41 bits per heavy atom. The van der Waals surface area contributed by atoms with Crippen molar-refractivity contribution in [2.75, 3.05) is 6.61 Å². The van der Waals surface area contributed by atoms with Gasteiger partial charge >= 0.3 is 12.1 Å². The molecular formula is C26H33N3O10. The van der Waals surface area contributed by atoms with Gasteiger partial charge in [0.2, 0.25) is 5.91 Å².